The van der Waals surface area contributed by atoms with Crippen molar-refractivity contribution in [1.82, 2.24) is 0 Å². The molecule has 0 N–H and O–H groups in total. The monoisotopic (exact) mass is 194 g/mol. The van der Waals surface area contributed by atoms with Crippen LogP contribution in [0.1, 0.15) is 4.88 Å². The van der Waals surface area contributed by atoms with Crippen LogP contribution in [0.4, 0.5) is 4.39 Å². The van der Waals surface area contributed by atoms with Crippen molar-refractivity contribution in [2.45, 2.75) is 6.92 Å². The molecule has 0 saturated carbocycles. The molecular formula is C10H7FOS. The van der Waals surface area contributed by atoms with Gasteiger partial charge in [-0.05, 0) is 25.1 Å². The standard InChI is InChI=1S/C10H7FOS/c1-6-5-9(12)7-3-2-4-8(11)10(7)13-6/h2-5H,1H3. The van der Waals surface area contributed by atoms with E-state index in [4.69, 9.17) is 0 Å². The zero-order chi connectivity index (χ0) is 9.42. The van der Waals surface area contributed by atoms with Gasteiger partial charge in [0.05, 0.1) is 4.70 Å². The van der Waals surface area contributed by atoms with Gasteiger partial charge in [-0.25, -0.2) is 4.39 Å². The summed E-state index contributed by atoms with van der Waals surface area (Å²) in [6, 6.07) is 6.11. The minimum atomic E-state index is -0.316. The van der Waals surface area contributed by atoms with Crippen molar-refractivity contribution in [2.24, 2.45) is 0 Å². The van der Waals surface area contributed by atoms with Crippen LogP contribution in [0, 0.1) is 12.7 Å². The van der Waals surface area contributed by atoms with Crippen LogP contribution < -0.4 is 5.43 Å². The Balaban J connectivity index is 3.03. The molecule has 0 aliphatic heterocycles. The van der Waals surface area contributed by atoms with E-state index in [1.165, 1.54) is 23.5 Å². The van der Waals surface area contributed by atoms with E-state index in [-0.39, 0.29) is 11.2 Å². The van der Waals surface area contributed by atoms with Crippen LogP contribution >= 0.6 is 11.3 Å². The molecule has 0 spiro atoms. The van der Waals surface area contributed by atoms with Crippen LogP contribution in [0.3, 0.4) is 0 Å². The second-order valence-electron chi connectivity index (χ2n) is 2.84. The highest BCUT2D eigenvalue weighted by Crippen LogP contribution is 2.21. The first kappa shape index (κ1) is 8.38. The Bertz CT molecular complexity index is 516. The molecule has 2 aromatic rings. The first-order valence-electron chi connectivity index (χ1n) is 3.87. The van der Waals surface area contributed by atoms with Crippen molar-refractivity contribution in [3.8, 4) is 0 Å². The van der Waals surface area contributed by atoms with Gasteiger partial charge in [0.1, 0.15) is 5.82 Å². The molecule has 2 rings (SSSR count). The molecule has 0 saturated heterocycles. The Morgan fingerprint density at radius 1 is 1.38 bits per heavy atom. The van der Waals surface area contributed by atoms with E-state index in [2.05, 4.69) is 0 Å². The van der Waals surface area contributed by atoms with Crippen molar-refractivity contribution in [1.29, 1.82) is 0 Å². The summed E-state index contributed by atoms with van der Waals surface area (Å²) in [6.07, 6.45) is 0. The highest BCUT2D eigenvalue weighted by molar-refractivity contribution is 7.18. The molecule has 0 bridgehead atoms. The van der Waals surface area contributed by atoms with Crippen LogP contribution in [0.25, 0.3) is 10.1 Å². The summed E-state index contributed by atoms with van der Waals surface area (Å²) in [5.74, 6) is -0.316. The number of halogens is 1. The van der Waals surface area contributed by atoms with Crippen LogP contribution in [0.15, 0.2) is 29.1 Å². The Morgan fingerprint density at radius 2 is 2.15 bits per heavy atom. The highest BCUT2D eigenvalue weighted by Gasteiger charge is 2.04. The molecule has 0 atom stereocenters. The average Bonchev–Trinajstić information content (AvgIpc) is 2.07. The molecule has 13 heavy (non-hydrogen) atoms. The van der Waals surface area contributed by atoms with Gasteiger partial charge >= 0.3 is 0 Å². The lowest BCUT2D eigenvalue weighted by atomic mass is 10.2. The molecule has 0 fully saturated rings. The van der Waals surface area contributed by atoms with Crippen LogP contribution in [0.5, 0.6) is 0 Å². The summed E-state index contributed by atoms with van der Waals surface area (Å²) in [4.78, 5) is 12.2. The summed E-state index contributed by atoms with van der Waals surface area (Å²) < 4.78 is 13.7. The summed E-state index contributed by atoms with van der Waals surface area (Å²) in [6.45, 7) is 1.80. The largest absolute Gasteiger partial charge is 0.289 e. The van der Waals surface area contributed by atoms with Crippen molar-refractivity contribution >= 4 is 21.4 Å². The smallest absolute Gasteiger partial charge is 0.188 e. The van der Waals surface area contributed by atoms with E-state index in [0.717, 1.165) is 4.88 Å². The Kier molecular flexibility index (Phi) is 1.88. The third-order valence-corrected chi connectivity index (χ3v) is 2.89. The topological polar surface area (TPSA) is 17.1 Å². The van der Waals surface area contributed by atoms with Crippen molar-refractivity contribution in [2.75, 3.05) is 0 Å². The SMILES string of the molecule is Cc1cc(=O)c2cccc(F)c2s1. The van der Waals surface area contributed by atoms with E-state index in [1.807, 2.05) is 0 Å². The minimum absolute atomic E-state index is 0.106. The van der Waals surface area contributed by atoms with Crippen LogP contribution in [0.2, 0.25) is 0 Å². The molecule has 1 aromatic heterocycles. The number of benzene rings is 1. The molecule has 1 aromatic carbocycles. The van der Waals surface area contributed by atoms with E-state index in [9.17, 15) is 9.18 Å². The normalized spacial score (nSPS) is 10.6. The number of aryl methyl sites for hydroxylation is 1. The summed E-state index contributed by atoms with van der Waals surface area (Å²) in [5, 5.41) is 0.468. The quantitative estimate of drug-likeness (QED) is 0.630. The van der Waals surface area contributed by atoms with Gasteiger partial charge in [0, 0.05) is 10.3 Å². The molecule has 1 heterocycles. The number of hydrogen-bond acceptors (Lipinski definition) is 2. The summed E-state index contributed by atoms with van der Waals surface area (Å²) in [5.41, 5.74) is -0.106. The fraction of sp³-hybridized carbons (Fsp3) is 0.100. The molecule has 0 amide bonds. The molecular weight excluding hydrogens is 187 g/mol. The van der Waals surface area contributed by atoms with Gasteiger partial charge < -0.3 is 0 Å². The van der Waals surface area contributed by atoms with Gasteiger partial charge in [-0.3, -0.25) is 4.79 Å². The Hall–Kier alpha value is -1.22. The van der Waals surface area contributed by atoms with Crippen LogP contribution in [-0.4, -0.2) is 0 Å². The van der Waals surface area contributed by atoms with Gasteiger partial charge in [0.25, 0.3) is 0 Å². The predicted octanol–water partition coefficient (Wildman–Crippen LogP) is 2.71. The first-order valence-corrected chi connectivity index (χ1v) is 4.69. The zero-order valence-corrected chi connectivity index (χ0v) is 7.82. The maximum absolute atomic E-state index is 13.2. The maximum atomic E-state index is 13.2. The third kappa shape index (κ3) is 1.35. The number of hydrogen-bond donors (Lipinski definition) is 0. The van der Waals surface area contributed by atoms with E-state index in [0.29, 0.717) is 10.1 Å². The van der Waals surface area contributed by atoms with Crippen LogP contribution in [-0.2, 0) is 0 Å². The molecule has 0 radical (unpaired) electrons. The fourth-order valence-electron chi connectivity index (χ4n) is 1.26. The lowest BCUT2D eigenvalue weighted by Crippen LogP contribution is -1.99. The Labute approximate surface area is 78.5 Å². The molecule has 3 heteroatoms. The summed E-state index contributed by atoms with van der Waals surface area (Å²) >= 11 is 1.31. The molecule has 66 valence electrons. The van der Waals surface area contributed by atoms with Gasteiger partial charge in [0.15, 0.2) is 5.43 Å². The predicted molar refractivity (Wildman–Crippen MR) is 52.8 cm³/mol. The number of rotatable bonds is 0. The molecule has 0 aliphatic carbocycles. The summed E-state index contributed by atoms with van der Waals surface area (Å²) in [7, 11) is 0. The molecule has 1 nitrogen and oxygen atoms in total. The van der Waals surface area contributed by atoms with Crippen molar-refractivity contribution < 1.29 is 4.39 Å². The van der Waals surface area contributed by atoms with E-state index in [1.54, 1.807) is 19.1 Å². The van der Waals surface area contributed by atoms with Gasteiger partial charge in [0.2, 0.25) is 0 Å². The first-order chi connectivity index (χ1) is 6.18. The minimum Gasteiger partial charge on any atom is -0.289 e. The van der Waals surface area contributed by atoms with Gasteiger partial charge in [-0.2, -0.15) is 0 Å². The lowest BCUT2D eigenvalue weighted by molar-refractivity contribution is 0.641. The van der Waals surface area contributed by atoms with Crippen molar-refractivity contribution in [3.05, 3.63) is 45.2 Å². The van der Waals surface area contributed by atoms with E-state index >= 15 is 0 Å². The maximum Gasteiger partial charge on any atom is 0.188 e. The second kappa shape index (κ2) is 2.92. The fourth-order valence-corrected chi connectivity index (χ4v) is 2.19. The van der Waals surface area contributed by atoms with E-state index < -0.39 is 0 Å². The third-order valence-electron chi connectivity index (χ3n) is 1.83. The zero-order valence-electron chi connectivity index (χ0n) is 7.00. The Morgan fingerprint density at radius 3 is 2.92 bits per heavy atom. The van der Waals surface area contributed by atoms with Gasteiger partial charge in [-0.1, -0.05) is 6.07 Å². The molecule has 0 aliphatic rings. The highest BCUT2D eigenvalue weighted by atomic mass is 32.1. The second-order valence-corrected chi connectivity index (χ2v) is 4.09. The van der Waals surface area contributed by atoms with Crippen molar-refractivity contribution in [3.63, 3.8) is 0 Å². The number of fused-ring (bicyclic) bond motifs is 1. The average molecular weight is 194 g/mol. The van der Waals surface area contributed by atoms with Gasteiger partial charge in [-0.15, -0.1) is 11.3 Å². The molecule has 0 unspecified atom stereocenters. The lowest BCUT2D eigenvalue weighted by Gasteiger charge is -1.97.